The minimum absolute atomic E-state index is 0.180. The van der Waals surface area contributed by atoms with E-state index in [2.05, 4.69) is 5.32 Å². The van der Waals surface area contributed by atoms with Gasteiger partial charge in [0.25, 0.3) is 5.91 Å². The summed E-state index contributed by atoms with van der Waals surface area (Å²) in [4.78, 5) is 12.6. The van der Waals surface area contributed by atoms with Crippen molar-refractivity contribution in [3.8, 4) is 11.5 Å². The van der Waals surface area contributed by atoms with E-state index < -0.39 is 9.84 Å². The molecule has 0 saturated carbocycles. The first kappa shape index (κ1) is 20.8. The van der Waals surface area contributed by atoms with Gasteiger partial charge in [0, 0.05) is 11.8 Å². The van der Waals surface area contributed by atoms with E-state index in [-0.39, 0.29) is 16.8 Å². The largest absolute Gasteiger partial charge is 0.493 e. The monoisotopic (exact) mass is 391 g/mol. The van der Waals surface area contributed by atoms with Gasteiger partial charge in [-0.15, -0.1) is 0 Å². The maximum atomic E-state index is 12.4. The van der Waals surface area contributed by atoms with Gasteiger partial charge in [-0.25, -0.2) is 8.42 Å². The van der Waals surface area contributed by atoms with Gasteiger partial charge in [-0.05, 0) is 55.3 Å². The van der Waals surface area contributed by atoms with E-state index in [1.807, 2.05) is 32.0 Å². The van der Waals surface area contributed by atoms with Gasteiger partial charge in [-0.1, -0.05) is 13.0 Å². The van der Waals surface area contributed by atoms with Crippen LogP contribution >= 0.6 is 0 Å². The Morgan fingerprint density at radius 1 is 1.11 bits per heavy atom. The molecule has 146 valence electrons. The third kappa shape index (κ3) is 5.47. The van der Waals surface area contributed by atoms with E-state index >= 15 is 0 Å². The summed E-state index contributed by atoms with van der Waals surface area (Å²) in [7, 11) is -1.71. The molecule has 0 aromatic heterocycles. The quantitative estimate of drug-likeness (QED) is 0.746. The van der Waals surface area contributed by atoms with Gasteiger partial charge in [0.1, 0.15) is 0 Å². The van der Waals surface area contributed by atoms with Crippen LogP contribution in [0.1, 0.15) is 42.2 Å². The molecule has 1 N–H and O–H groups in total. The Morgan fingerprint density at radius 3 is 2.33 bits per heavy atom. The predicted octanol–water partition coefficient (Wildman–Crippen LogP) is 3.38. The average molecular weight is 391 g/mol. The van der Waals surface area contributed by atoms with Crippen LogP contribution < -0.4 is 14.8 Å². The zero-order valence-electron chi connectivity index (χ0n) is 16.0. The minimum atomic E-state index is -3.29. The average Bonchev–Trinajstić information content (AvgIpc) is 2.65. The number of sulfone groups is 1. The standard InChI is InChI=1S/C20H25NO5S/c1-5-12-26-18-11-8-16(13-19(18)25-3)14(2)21-20(22)15-6-9-17(10-7-15)27(4,23)24/h6-11,13-14H,5,12H2,1-4H3,(H,21,22)/t14-/m1/s1. The molecule has 0 bridgehead atoms. The Balaban J connectivity index is 2.11. The van der Waals surface area contributed by atoms with Crippen LogP contribution in [0, 0.1) is 0 Å². The Bertz CT molecular complexity index is 891. The molecule has 0 aliphatic carbocycles. The number of amides is 1. The van der Waals surface area contributed by atoms with Gasteiger partial charge in [-0.3, -0.25) is 4.79 Å². The Morgan fingerprint density at radius 2 is 1.78 bits per heavy atom. The highest BCUT2D eigenvalue weighted by Crippen LogP contribution is 2.30. The van der Waals surface area contributed by atoms with Gasteiger partial charge in [0.2, 0.25) is 0 Å². The van der Waals surface area contributed by atoms with Crippen molar-refractivity contribution in [2.45, 2.75) is 31.2 Å². The van der Waals surface area contributed by atoms with E-state index in [0.29, 0.717) is 23.7 Å². The summed E-state index contributed by atoms with van der Waals surface area (Å²) in [6, 6.07) is 11.1. The SMILES string of the molecule is CCCOc1ccc([C@@H](C)NC(=O)c2ccc(S(C)(=O)=O)cc2)cc1OC. The highest BCUT2D eigenvalue weighted by molar-refractivity contribution is 7.90. The molecule has 0 radical (unpaired) electrons. The second-order valence-electron chi connectivity index (χ2n) is 6.25. The van der Waals surface area contributed by atoms with Crippen LogP contribution in [0.25, 0.3) is 0 Å². The van der Waals surface area contributed by atoms with Crippen LogP contribution in [0.2, 0.25) is 0 Å². The van der Waals surface area contributed by atoms with Crippen molar-refractivity contribution < 1.29 is 22.7 Å². The lowest BCUT2D eigenvalue weighted by Crippen LogP contribution is -2.26. The highest BCUT2D eigenvalue weighted by Gasteiger charge is 2.15. The van der Waals surface area contributed by atoms with E-state index in [9.17, 15) is 13.2 Å². The lowest BCUT2D eigenvalue weighted by atomic mass is 10.1. The third-order valence-corrected chi connectivity index (χ3v) is 5.17. The molecule has 0 aliphatic rings. The number of nitrogens with one attached hydrogen (secondary N) is 1. The van der Waals surface area contributed by atoms with Gasteiger partial charge in [-0.2, -0.15) is 0 Å². The molecule has 27 heavy (non-hydrogen) atoms. The molecule has 0 unspecified atom stereocenters. The van der Waals surface area contributed by atoms with Crippen LogP contribution in [0.15, 0.2) is 47.4 Å². The maximum Gasteiger partial charge on any atom is 0.251 e. The minimum Gasteiger partial charge on any atom is -0.493 e. The lowest BCUT2D eigenvalue weighted by Gasteiger charge is -2.17. The van der Waals surface area contributed by atoms with E-state index in [0.717, 1.165) is 18.2 Å². The molecular weight excluding hydrogens is 366 g/mol. The van der Waals surface area contributed by atoms with Crippen LogP contribution in [-0.4, -0.2) is 34.3 Å². The van der Waals surface area contributed by atoms with E-state index in [1.54, 1.807) is 7.11 Å². The molecule has 0 fully saturated rings. The first-order valence-corrected chi connectivity index (χ1v) is 10.6. The lowest BCUT2D eigenvalue weighted by molar-refractivity contribution is 0.0939. The van der Waals surface area contributed by atoms with Gasteiger partial charge in [0.05, 0.1) is 24.7 Å². The first-order valence-electron chi connectivity index (χ1n) is 8.68. The van der Waals surface area contributed by atoms with Crippen LogP contribution in [-0.2, 0) is 9.84 Å². The number of methoxy groups -OCH3 is 1. The number of ether oxygens (including phenoxy) is 2. The molecule has 7 heteroatoms. The Hall–Kier alpha value is -2.54. The third-order valence-electron chi connectivity index (χ3n) is 4.04. The van der Waals surface area contributed by atoms with Crippen LogP contribution in [0.5, 0.6) is 11.5 Å². The number of hydrogen-bond acceptors (Lipinski definition) is 5. The number of carbonyl (C=O) groups is 1. The molecule has 1 atom stereocenters. The molecular formula is C20H25NO5S. The molecule has 6 nitrogen and oxygen atoms in total. The van der Waals surface area contributed by atoms with Gasteiger partial charge < -0.3 is 14.8 Å². The Labute approximate surface area is 160 Å². The van der Waals surface area contributed by atoms with Crippen molar-refractivity contribution in [3.63, 3.8) is 0 Å². The number of rotatable bonds is 8. The summed E-state index contributed by atoms with van der Waals surface area (Å²) in [5.41, 5.74) is 1.26. The summed E-state index contributed by atoms with van der Waals surface area (Å²) in [6.45, 7) is 4.50. The zero-order chi connectivity index (χ0) is 20.0. The summed E-state index contributed by atoms with van der Waals surface area (Å²) >= 11 is 0. The normalized spacial score (nSPS) is 12.3. The fraction of sp³-hybridized carbons (Fsp3) is 0.350. The van der Waals surface area contributed by atoms with Crippen molar-refractivity contribution in [1.29, 1.82) is 0 Å². The topological polar surface area (TPSA) is 81.7 Å². The molecule has 0 aliphatic heterocycles. The van der Waals surface area contributed by atoms with Crippen molar-refractivity contribution >= 4 is 15.7 Å². The molecule has 1 amide bonds. The van der Waals surface area contributed by atoms with E-state index in [4.69, 9.17) is 9.47 Å². The summed E-state index contributed by atoms with van der Waals surface area (Å²) < 4.78 is 34.0. The summed E-state index contributed by atoms with van der Waals surface area (Å²) in [5.74, 6) is 0.991. The first-order chi connectivity index (χ1) is 12.8. The fourth-order valence-electron chi connectivity index (χ4n) is 2.50. The summed E-state index contributed by atoms with van der Waals surface area (Å²) in [5, 5.41) is 2.90. The molecule has 0 heterocycles. The zero-order valence-corrected chi connectivity index (χ0v) is 16.8. The van der Waals surface area contributed by atoms with Crippen LogP contribution in [0.3, 0.4) is 0 Å². The number of carbonyl (C=O) groups excluding carboxylic acids is 1. The Kier molecular flexibility index (Phi) is 6.85. The van der Waals surface area contributed by atoms with Gasteiger partial charge >= 0.3 is 0 Å². The second-order valence-corrected chi connectivity index (χ2v) is 8.27. The van der Waals surface area contributed by atoms with Crippen molar-refractivity contribution in [2.24, 2.45) is 0 Å². The fourth-order valence-corrected chi connectivity index (χ4v) is 3.13. The van der Waals surface area contributed by atoms with Gasteiger partial charge in [0.15, 0.2) is 21.3 Å². The highest BCUT2D eigenvalue weighted by atomic mass is 32.2. The molecule has 0 saturated heterocycles. The van der Waals surface area contributed by atoms with E-state index in [1.165, 1.54) is 24.3 Å². The molecule has 0 spiro atoms. The molecule has 2 aromatic rings. The molecule has 2 rings (SSSR count). The summed E-state index contributed by atoms with van der Waals surface area (Å²) in [6.07, 6.45) is 2.03. The van der Waals surface area contributed by atoms with Crippen molar-refractivity contribution in [2.75, 3.05) is 20.0 Å². The van der Waals surface area contributed by atoms with Crippen molar-refractivity contribution in [3.05, 3.63) is 53.6 Å². The van der Waals surface area contributed by atoms with Crippen molar-refractivity contribution in [1.82, 2.24) is 5.32 Å². The smallest absolute Gasteiger partial charge is 0.251 e. The second kappa shape index (κ2) is 8.90. The number of hydrogen-bond donors (Lipinski definition) is 1. The van der Waals surface area contributed by atoms with Crippen LogP contribution in [0.4, 0.5) is 0 Å². The maximum absolute atomic E-state index is 12.4. The number of benzene rings is 2. The molecule has 2 aromatic carbocycles. The predicted molar refractivity (Wildman–Crippen MR) is 104 cm³/mol.